The molecule has 3 aromatic rings. The summed E-state index contributed by atoms with van der Waals surface area (Å²) >= 11 is 1.19. The molecule has 0 bridgehead atoms. The first kappa shape index (κ1) is 27.6. The van der Waals surface area contributed by atoms with E-state index >= 15 is 0 Å². The minimum atomic E-state index is -3.82. The number of carbonyl (C=O) groups is 1. The van der Waals surface area contributed by atoms with Gasteiger partial charge in [0.1, 0.15) is 0 Å². The lowest BCUT2D eigenvalue weighted by molar-refractivity contribution is -0.384. The Hall–Kier alpha value is -2.97. The number of thiazole rings is 1. The highest BCUT2D eigenvalue weighted by molar-refractivity contribution is 7.89. The lowest BCUT2D eigenvalue weighted by Crippen LogP contribution is -2.36. The Morgan fingerprint density at radius 2 is 1.75 bits per heavy atom. The van der Waals surface area contributed by atoms with E-state index in [0.29, 0.717) is 16.0 Å². The summed E-state index contributed by atoms with van der Waals surface area (Å²) in [4.78, 5) is 28.3. The summed E-state index contributed by atoms with van der Waals surface area (Å²) in [5.41, 5.74) is 0.945. The zero-order valence-electron chi connectivity index (χ0n) is 20.2. The second-order valence-electron chi connectivity index (χ2n) is 7.78. The summed E-state index contributed by atoms with van der Waals surface area (Å²) in [5, 5.41) is 11.1. The van der Waals surface area contributed by atoms with Crippen LogP contribution in [-0.2, 0) is 26.0 Å². The van der Waals surface area contributed by atoms with E-state index in [1.54, 1.807) is 6.07 Å². The predicted molar refractivity (Wildman–Crippen MR) is 136 cm³/mol. The van der Waals surface area contributed by atoms with Crippen molar-refractivity contribution in [3.05, 3.63) is 62.9 Å². The van der Waals surface area contributed by atoms with Crippen LogP contribution < -0.4 is 4.80 Å². The standard InChI is InChI=1S/C23H28N4O7S2/c1-4-11-26-20-10-7-18(27(29)30)16-21(20)35-23(26)24-22(28)17-5-8-19(9-6-17)36(31,32)25(12-14-33-2)13-15-34-3/h5-10,16H,4,11-15H2,1-3H3. The van der Waals surface area contributed by atoms with E-state index in [1.165, 1.54) is 66.3 Å². The molecule has 0 aliphatic carbocycles. The van der Waals surface area contributed by atoms with Crippen LogP contribution in [0.1, 0.15) is 23.7 Å². The number of fused-ring (bicyclic) bond motifs is 1. The number of nitro benzene ring substituents is 1. The summed E-state index contributed by atoms with van der Waals surface area (Å²) < 4.78 is 39.9. The Balaban J connectivity index is 1.93. The van der Waals surface area contributed by atoms with Gasteiger partial charge in [0.25, 0.3) is 11.6 Å². The monoisotopic (exact) mass is 536 g/mol. The lowest BCUT2D eigenvalue weighted by atomic mass is 10.2. The third-order valence-electron chi connectivity index (χ3n) is 5.35. The highest BCUT2D eigenvalue weighted by Gasteiger charge is 2.24. The van der Waals surface area contributed by atoms with E-state index < -0.39 is 20.9 Å². The van der Waals surface area contributed by atoms with Gasteiger partial charge in [-0.15, -0.1) is 0 Å². The molecule has 13 heteroatoms. The van der Waals surface area contributed by atoms with Gasteiger partial charge in [-0.3, -0.25) is 14.9 Å². The number of benzene rings is 2. The number of aromatic nitrogens is 1. The van der Waals surface area contributed by atoms with Gasteiger partial charge in [-0.2, -0.15) is 9.30 Å². The van der Waals surface area contributed by atoms with Crippen molar-refractivity contribution in [2.75, 3.05) is 40.5 Å². The highest BCUT2D eigenvalue weighted by Crippen LogP contribution is 2.24. The molecule has 0 saturated carbocycles. The maximum absolute atomic E-state index is 13.1. The Kier molecular flexibility index (Phi) is 9.45. The van der Waals surface area contributed by atoms with Gasteiger partial charge in [0.2, 0.25) is 10.0 Å². The molecule has 0 N–H and O–H groups in total. The number of nitrogens with zero attached hydrogens (tertiary/aromatic N) is 4. The van der Waals surface area contributed by atoms with Crippen LogP contribution in [0.3, 0.4) is 0 Å². The third kappa shape index (κ3) is 6.23. The fraction of sp³-hybridized carbons (Fsp3) is 0.391. The van der Waals surface area contributed by atoms with Crippen molar-refractivity contribution < 1.29 is 27.6 Å². The van der Waals surface area contributed by atoms with E-state index in [0.717, 1.165) is 11.9 Å². The van der Waals surface area contributed by atoms with Gasteiger partial charge in [-0.05, 0) is 36.8 Å². The third-order valence-corrected chi connectivity index (χ3v) is 8.30. The molecule has 36 heavy (non-hydrogen) atoms. The molecule has 1 amide bonds. The molecule has 1 aromatic heterocycles. The Morgan fingerprint density at radius 3 is 2.31 bits per heavy atom. The zero-order valence-corrected chi connectivity index (χ0v) is 21.9. The van der Waals surface area contributed by atoms with Crippen molar-refractivity contribution in [1.82, 2.24) is 8.87 Å². The molecule has 0 saturated heterocycles. The van der Waals surface area contributed by atoms with Crippen molar-refractivity contribution in [2.24, 2.45) is 4.99 Å². The van der Waals surface area contributed by atoms with Gasteiger partial charge in [-0.25, -0.2) is 8.42 Å². The smallest absolute Gasteiger partial charge is 0.279 e. The molecule has 0 aliphatic heterocycles. The molecule has 2 aromatic carbocycles. The summed E-state index contributed by atoms with van der Waals surface area (Å²) in [5.74, 6) is -0.541. The molecule has 0 unspecified atom stereocenters. The number of nitro groups is 1. The van der Waals surface area contributed by atoms with Crippen LogP contribution in [0.4, 0.5) is 5.69 Å². The summed E-state index contributed by atoms with van der Waals surface area (Å²) in [6, 6.07) is 10.1. The normalized spacial score (nSPS) is 12.5. The zero-order chi connectivity index (χ0) is 26.3. The second-order valence-corrected chi connectivity index (χ2v) is 10.7. The number of rotatable bonds is 12. The lowest BCUT2D eigenvalue weighted by Gasteiger charge is -2.21. The van der Waals surface area contributed by atoms with Crippen LogP contribution in [0.15, 0.2) is 52.4 Å². The van der Waals surface area contributed by atoms with Crippen LogP contribution in [0.2, 0.25) is 0 Å². The van der Waals surface area contributed by atoms with Gasteiger partial charge < -0.3 is 14.0 Å². The van der Waals surface area contributed by atoms with Crippen LogP contribution in [0.5, 0.6) is 0 Å². The second kappa shape index (κ2) is 12.3. The molecule has 0 spiro atoms. The van der Waals surface area contributed by atoms with Crippen molar-refractivity contribution in [2.45, 2.75) is 24.8 Å². The molecular weight excluding hydrogens is 508 g/mol. The summed E-state index contributed by atoms with van der Waals surface area (Å²) in [6.45, 7) is 3.36. The maximum atomic E-state index is 13.1. The van der Waals surface area contributed by atoms with Crippen molar-refractivity contribution in [3.63, 3.8) is 0 Å². The van der Waals surface area contributed by atoms with E-state index in [1.807, 2.05) is 11.5 Å². The maximum Gasteiger partial charge on any atom is 0.279 e. The van der Waals surface area contributed by atoms with E-state index in [4.69, 9.17) is 9.47 Å². The number of hydrogen-bond donors (Lipinski definition) is 0. The topological polar surface area (TPSA) is 133 Å². The van der Waals surface area contributed by atoms with Crippen LogP contribution in [-0.4, -0.2) is 68.6 Å². The molecule has 1 heterocycles. The number of hydrogen-bond acceptors (Lipinski definition) is 8. The Labute approximate surface area is 212 Å². The molecule has 0 aliphatic rings. The van der Waals surface area contributed by atoms with Crippen molar-refractivity contribution >= 4 is 43.2 Å². The molecule has 0 fully saturated rings. The van der Waals surface area contributed by atoms with E-state index in [2.05, 4.69) is 4.99 Å². The SMILES string of the molecule is CCCn1c(=NC(=O)c2ccc(S(=O)(=O)N(CCOC)CCOC)cc2)sc2cc([N+](=O)[O-])ccc21. The summed E-state index contributed by atoms with van der Waals surface area (Å²) in [6.07, 6.45) is 0.777. The quantitative estimate of drug-likeness (QED) is 0.257. The molecule has 3 rings (SSSR count). The average molecular weight is 537 g/mol. The van der Waals surface area contributed by atoms with Gasteiger partial charge in [-0.1, -0.05) is 18.3 Å². The molecule has 0 atom stereocenters. The van der Waals surface area contributed by atoms with E-state index in [9.17, 15) is 23.3 Å². The Morgan fingerprint density at radius 1 is 1.11 bits per heavy atom. The van der Waals surface area contributed by atoms with E-state index in [-0.39, 0.29) is 42.4 Å². The summed E-state index contributed by atoms with van der Waals surface area (Å²) in [7, 11) is -0.829. The molecule has 0 radical (unpaired) electrons. The molecule has 11 nitrogen and oxygen atoms in total. The van der Waals surface area contributed by atoms with Gasteiger partial charge in [0, 0.05) is 51.6 Å². The predicted octanol–water partition coefficient (Wildman–Crippen LogP) is 3.05. The van der Waals surface area contributed by atoms with Gasteiger partial charge in [0.05, 0.1) is 33.2 Å². The van der Waals surface area contributed by atoms with Crippen molar-refractivity contribution in [1.29, 1.82) is 0 Å². The number of carbonyl (C=O) groups excluding carboxylic acids is 1. The van der Waals surface area contributed by atoms with Crippen LogP contribution in [0.25, 0.3) is 10.2 Å². The number of amides is 1. The highest BCUT2D eigenvalue weighted by atomic mass is 32.2. The van der Waals surface area contributed by atoms with Gasteiger partial charge in [0.15, 0.2) is 4.80 Å². The Bertz CT molecular complexity index is 1390. The minimum absolute atomic E-state index is 0.0351. The average Bonchev–Trinajstić information content (AvgIpc) is 3.20. The van der Waals surface area contributed by atoms with Gasteiger partial charge >= 0.3 is 0 Å². The fourth-order valence-corrected chi connectivity index (χ4v) is 6.00. The first-order chi connectivity index (χ1) is 17.2. The number of non-ortho nitro benzene ring substituents is 1. The number of sulfonamides is 1. The first-order valence-electron chi connectivity index (χ1n) is 11.2. The van der Waals surface area contributed by atoms with Crippen LogP contribution in [0, 0.1) is 10.1 Å². The van der Waals surface area contributed by atoms with Crippen LogP contribution >= 0.6 is 11.3 Å². The number of ether oxygens (including phenoxy) is 2. The first-order valence-corrected chi connectivity index (χ1v) is 13.4. The number of aryl methyl sites for hydroxylation is 1. The largest absolute Gasteiger partial charge is 0.383 e. The molecule has 194 valence electrons. The minimum Gasteiger partial charge on any atom is -0.383 e. The number of methoxy groups -OCH3 is 2. The van der Waals surface area contributed by atoms with Crippen molar-refractivity contribution in [3.8, 4) is 0 Å². The molecular formula is C23H28N4O7S2. The fourth-order valence-electron chi connectivity index (χ4n) is 3.51.